The minimum atomic E-state index is -0.924. The van der Waals surface area contributed by atoms with Crippen molar-refractivity contribution in [3.8, 4) is 5.75 Å². The minimum Gasteiger partial charge on any atom is -0.462 e. The first-order valence-corrected chi connectivity index (χ1v) is 13.9. The zero-order chi connectivity index (χ0) is 28.4. The second kappa shape index (κ2) is 14.2. The van der Waals surface area contributed by atoms with Gasteiger partial charge in [0.15, 0.2) is 6.29 Å². The SMILES string of the molecule is Cc1ccc(O[C@H]2O[C@H](C=O)[C@@H](OCc3ccccc3)[C@H](OCc3ccccc3)[C@@H]2OCc2ccccc2)c(C)c1. The lowest BCUT2D eigenvalue weighted by atomic mass is 9.98. The molecule has 0 bridgehead atoms. The normalized spacial score (nSPS) is 22.2. The Bertz CT molecular complexity index is 1360. The molecular formula is C35H36O6. The number of ether oxygens (including phenoxy) is 5. The van der Waals surface area contributed by atoms with Crippen LogP contribution in [-0.2, 0) is 43.6 Å². The van der Waals surface area contributed by atoms with Gasteiger partial charge in [0.05, 0.1) is 19.8 Å². The Morgan fingerprint density at radius 3 is 1.61 bits per heavy atom. The van der Waals surface area contributed by atoms with Gasteiger partial charge >= 0.3 is 0 Å². The highest BCUT2D eigenvalue weighted by Crippen LogP contribution is 2.32. The monoisotopic (exact) mass is 552 g/mol. The second-order valence-electron chi connectivity index (χ2n) is 10.3. The molecule has 5 atom stereocenters. The molecule has 0 aromatic heterocycles. The summed E-state index contributed by atoms with van der Waals surface area (Å²) in [5.41, 5.74) is 5.06. The van der Waals surface area contributed by atoms with E-state index in [0.29, 0.717) is 25.6 Å². The van der Waals surface area contributed by atoms with Crippen LogP contribution in [0.1, 0.15) is 27.8 Å². The zero-order valence-electron chi connectivity index (χ0n) is 23.4. The van der Waals surface area contributed by atoms with Gasteiger partial charge in [0, 0.05) is 0 Å². The highest BCUT2D eigenvalue weighted by atomic mass is 16.7. The van der Waals surface area contributed by atoms with E-state index >= 15 is 0 Å². The number of aldehydes is 1. The lowest BCUT2D eigenvalue weighted by molar-refractivity contribution is -0.295. The lowest BCUT2D eigenvalue weighted by Crippen LogP contribution is -2.62. The zero-order valence-corrected chi connectivity index (χ0v) is 23.4. The molecule has 0 saturated carbocycles. The Labute approximate surface area is 241 Å². The molecule has 6 nitrogen and oxygen atoms in total. The van der Waals surface area contributed by atoms with Crippen LogP contribution in [-0.4, -0.2) is 37.0 Å². The van der Waals surface area contributed by atoms with E-state index in [1.165, 1.54) is 0 Å². The van der Waals surface area contributed by atoms with Gasteiger partial charge in [0.2, 0.25) is 6.29 Å². The summed E-state index contributed by atoms with van der Waals surface area (Å²) in [6.45, 7) is 4.92. The van der Waals surface area contributed by atoms with E-state index < -0.39 is 30.7 Å². The molecule has 0 aliphatic carbocycles. The molecule has 1 aliphatic rings. The molecule has 0 N–H and O–H groups in total. The average Bonchev–Trinajstić information content (AvgIpc) is 3.01. The fraction of sp³-hybridized carbons (Fsp3) is 0.286. The Morgan fingerprint density at radius 1 is 0.634 bits per heavy atom. The van der Waals surface area contributed by atoms with Crippen molar-refractivity contribution >= 4 is 6.29 Å². The molecule has 0 unspecified atom stereocenters. The smallest absolute Gasteiger partial charge is 0.229 e. The third-order valence-corrected chi connectivity index (χ3v) is 7.09. The first-order valence-electron chi connectivity index (χ1n) is 13.9. The van der Waals surface area contributed by atoms with Gasteiger partial charge in [0.1, 0.15) is 30.2 Å². The maximum absolute atomic E-state index is 12.4. The van der Waals surface area contributed by atoms with Crippen molar-refractivity contribution in [2.45, 2.75) is 64.4 Å². The molecule has 1 heterocycles. The Hall–Kier alpha value is -3.81. The maximum Gasteiger partial charge on any atom is 0.229 e. The van der Waals surface area contributed by atoms with E-state index in [1.54, 1.807) is 0 Å². The van der Waals surface area contributed by atoms with E-state index in [0.717, 1.165) is 34.1 Å². The molecule has 0 amide bonds. The predicted molar refractivity (Wildman–Crippen MR) is 156 cm³/mol. The van der Waals surface area contributed by atoms with Crippen LogP contribution in [0.15, 0.2) is 109 Å². The van der Waals surface area contributed by atoms with Crippen molar-refractivity contribution in [2.24, 2.45) is 0 Å². The van der Waals surface area contributed by atoms with Crippen LogP contribution in [0.2, 0.25) is 0 Å². The van der Waals surface area contributed by atoms with E-state index in [9.17, 15) is 4.79 Å². The number of hydrogen-bond acceptors (Lipinski definition) is 6. The fourth-order valence-electron chi connectivity index (χ4n) is 4.95. The van der Waals surface area contributed by atoms with Gasteiger partial charge in [-0.15, -0.1) is 0 Å². The number of carbonyl (C=O) groups excluding carboxylic acids is 1. The summed E-state index contributed by atoms with van der Waals surface area (Å²) in [5, 5.41) is 0. The van der Waals surface area contributed by atoms with Gasteiger partial charge < -0.3 is 28.5 Å². The van der Waals surface area contributed by atoms with Gasteiger partial charge in [0.25, 0.3) is 0 Å². The summed E-state index contributed by atoms with van der Waals surface area (Å²) in [4.78, 5) is 12.4. The Balaban J connectivity index is 1.46. The van der Waals surface area contributed by atoms with E-state index in [2.05, 4.69) is 0 Å². The van der Waals surface area contributed by atoms with Crippen LogP contribution in [0.25, 0.3) is 0 Å². The van der Waals surface area contributed by atoms with Crippen LogP contribution in [0.4, 0.5) is 0 Å². The number of carbonyl (C=O) groups is 1. The van der Waals surface area contributed by atoms with Gasteiger partial charge in [-0.1, -0.05) is 109 Å². The van der Waals surface area contributed by atoms with Gasteiger partial charge in [-0.25, -0.2) is 0 Å². The number of benzene rings is 4. The highest BCUT2D eigenvalue weighted by Gasteiger charge is 2.49. The largest absolute Gasteiger partial charge is 0.462 e. The van der Waals surface area contributed by atoms with Crippen LogP contribution in [0, 0.1) is 13.8 Å². The molecule has 4 aromatic rings. The summed E-state index contributed by atoms with van der Waals surface area (Å²) >= 11 is 0. The van der Waals surface area contributed by atoms with Crippen molar-refractivity contribution in [1.82, 2.24) is 0 Å². The second-order valence-corrected chi connectivity index (χ2v) is 10.3. The molecule has 41 heavy (non-hydrogen) atoms. The van der Waals surface area contributed by atoms with Gasteiger partial charge in [-0.2, -0.15) is 0 Å². The quantitative estimate of drug-likeness (QED) is 0.191. The molecular weight excluding hydrogens is 516 g/mol. The van der Waals surface area contributed by atoms with Crippen LogP contribution in [0.5, 0.6) is 5.75 Å². The third kappa shape index (κ3) is 7.69. The Kier molecular flexibility index (Phi) is 9.94. The molecule has 1 saturated heterocycles. The summed E-state index contributed by atoms with van der Waals surface area (Å²) in [7, 11) is 0. The van der Waals surface area contributed by atoms with Gasteiger partial charge in [-0.3, -0.25) is 0 Å². The Morgan fingerprint density at radius 2 is 1.12 bits per heavy atom. The molecule has 4 aromatic carbocycles. The summed E-state index contributed by atoms with van der Waals surface area (Å²) in [5.74, 6) is 0.657. The summed E-state index contributed by atoms with van der Waals surface area (Å²) < 4.78 is 32.2. The number of aryl methyl sites for hydroxylation is 2. The lowest BCUT2D eigenvalue weighted by Gasteiger charge is -2.44. The molecule has 6 heteroatoms. The topological polar surface area (TPSA) is 63.2 Å². The molecule has 1 fully saturated rings. The number of rotatable bonds is 12. The van der Waals surface area contributed by atoms with Crippen molar-refractivity contribution in [3.05, 3.63) is 137 Å². The van der Waals surface area contributed by atoms with Crippen molar-refractivity contribution < 1.29 is 28.5 Å². The number of hydrogen-bond donors (Lipinski definition) is 0. The average molecular weight is 553 g/mol. The molecule has 5 rings (SSSR count). The van der Waals surface area contributed by atoms with E-state index in [-0.39, 0.29) is 0 Å². The van der Waals surface area contributed by atoms with Crippen molar-refractivity contribution in [3.63, 3.8) is 0 Å². The van der Waals surface area contributed by atoms with E-state index in [1.807, 2.05) is 123 Å². The minimum absolute atomic E-state index is 0.290. The van der Waals surface area contributed by atoms with Crippen molar-refractivity contribution in [2.75, 3.05) is 0 Å². The fourth-order valence-corrected chi connectivity index (χ4v) is 4.95. The molecule has 0 radical (unpaired) electrons. The summed E-state index contributed by atoms with van der Waals surface area (Å²) in [6, 6.07) is 35.6. The molecule has 1 aliphatic heterocycles. The van der Waals surface area contributed by atoms with Crippen LogP contribution in [0.3, 0.4) is 0 Å². The summed E-state index contributed by atoms with van der Waals surface area (Å²) in [6.07, 6.45) is -3.16. The van der Waals surface area contributed by atoms with E-state index in [4.69, 9.17) is 23.7 Å². The molecule has 212 valence electrons. The third-order valence-electron chi connectivity index (χ3n) is 7.09. The van der Waals surface area contributed by atoms with Crippen molar-refractivity contribution in [1.29, 1.82) is 0 Å². The maximum atomic E-state index is 12.4. The highest BCUT2D eigenvalue weighted by molar-refractivity contribution is 5.58. The van der Waals surface area contributed by atoms with Crippen LogP contribution >= 0.6 is 0 Å². The van der Waals surface area contributed by atoms with Crippen LogP contribution < -0.4 is 4.74 Å². The first-order chi connectivity index (χ1) is 20.1. The van der Waals surface area contributed by atoms with Gasteiger partial charge in [-0.05, 0) is 42.2 Å². The first kappa shape index (κ1) is 28.7. The predicted octanol–water partition coefficient (Wildman–Crippen LogP) is 6.36. The molecule has 0 spiro atoms. The standard InChI is InChI=1S/C35H36O6/c1-25-18-19-30(26(2)20-25)40-35-34(39-24-29-16-10-5-11-17-29)33(38-23-28-14-8-4-9-15-28)32(31(21-36)41-35)37-22-27-12-6-3-7-13-27/h3-21,31-35H,22-24H2,1-2H3/t31-,32-,33+,34+,35+/m1/s1.